The molecule has 6 rings (SSSR count). The van der Waals surface area contributed by atoms with E-state index >= 15 is 0 Å². The first-order valence-electron chi connectivity index (χ1n) is 12.2. The Labute approximate surface area is 195 Å². The second-order valence-electron chi connectivity index (χ2n) is 10.3. The maximum Gasteiger partial charge on any atom is 0.294 e. The fourth-order valence-corrected chi connectivity index (χ4v) is 5.55. The van der Waals surface area contributed by atoms with Gasteiger partial charge in [-0.2, -0.15) is 4.57 Å². The highest BCUT2D eigenvalue weighted by Gasteiger charge is 2.33. The minimum absolute atomic E-state index is 0.565. The lowest BCUT2D eigenvalue weighted by Crippen LogP contribution is -2.30. The van der Waals surface area contributed by atoms with Crippen molar-refractivity contribution in [2.75, 3.05) is 0 Å². The van der Waals surface area contributed by atoms with Gasteiger partial charge >= 0.3 is 0 Å². The molecule has 0 saturated heterocycles. The molecule has 1 aliphatic rings. The molecule has 0 bridgehead atoms. The zero-order valence-corrected chi connectivity index (χ0v) is 19.9. The summed E-state index contributed by atoms with van der Waals surface area (Å²) in [6.07, 6.45) is 6.52. The van der Waals surface area contributed by atoms with Crippen molar-refractivity contribution in [3.63, 3.8) is 0 Å². The van der Waals surface area contributed by atoms with E-state index in [1.807, 2.05) is 0 Å². The van der Waals surface area contributed by atoms with E-state index in [1.54, 1.807) is 0 Å². The Hall–Kier alpha value is -3.33. The minimum atomic E-state index is 0.565. The smallest absolute Gasteiger partial charge is 0.294 e. The monoisotopic (exact) mass is 435 g/mol. The molecular formula is C30H31N2O+. The Morgan fingerprint density at radius 3 is 2.45 bits per heavy atom. The van der Waals surface area contributed by atoms with E-state index in [1.165, 1.54) is 44.5 Å². The van der Waals surface area contributed by atoms with Gasteiger partial charge in [0.25, 0.3) is 5.82 Å². The van der Waals surface area contributed by atoms with Gasteiger partial charge < -0.3 is 4.42 Å². The van der Waals surface area contributed by atoms with E-state index in [9.17, 15) is 0 Å². The summed E-state index contributed by atoms with van der Waals surface area (Å²) in [5.41, 5.74) is 8.74. The first kappa shape index (κ1) is 20.3. The number of hydrogen-bond donors (Lipinski definition) is 0. The van der Waals surface area contributed by atoms with Crippen molar-refractivity contribution in [2.24, 2.45) is 11.8 Å². The zero-order valence-electron chi connectivity index (χ0n) is 19.9. The molecule has 0 unspecified atom stereocenters. The van der Waals surface area contributed by atoms with Crippen LogP contribution in [0.1, 0.15) is 44.4 Å². The van der Waals surface area contributed by atoms with Crippen molar-refractivity contribution in [3.8, 4) is 17.1 Å². The van der Waals surface area contributed by atoms with Crippen molar-refractivity contribution >= 4 is 21.9 Å². The molecule has 0 N–H and O–H groups in total. The van der Waals surface area contributed by atoms with Crippen LogP contribution < -0.4 is 4.57 Å². The lowest BCUT2D eigenvalue weighted by molar-refractivity contribution is -0.671. The normalized spacial score (nSPS) is 12.9. The quantitative estimate of drug-likeness (QED) is 0.265. The van der Waals surface area contributed by atoms with Crippen LogP contribution in [0.3, 0.4) is 0 Å². The Morgan fingerprint density at radius 2 is 1.64 bits per heavy atom. The van der Waals surface area contributed by atoms with Crippen molar-refractivity contribution < 1.29 is 8.98 Å². The number of aromatic nitrogens is 2. The van der Waals surface area contributed by atoms with E-state index < -0.39 is 0 Å². The molecule has 166 valence electrons. The van der Waals surface area contributed by atoms with Crippen molar-refractivity contribution in [2.45, 2.75) is 47.1 Å². The summed E-state index contributed by atoms with van der Waals surface area (Å²) in [5.74, 6) is 2.39. The molecule has 0 amide bonds. The van der Waals surface area contributed by atoms with Crippen LogP contribution in [0.5, 0.6) is 0 Å². The highest BCUT2D eigenvalue weighted by molar-refractivity contribution is 6.11. The van der Waals surface area contributed by atoms with E-state index in [0.717, 1.165) is 30.6 Å². The fourth-order valence-electron chi connectivity index (χ4n) is 5.55. The van der Waals surface area contributed by atoms with Gasteiger partial charge in [-0.3, -0.25) is 0 Å². The second kappa shape index (κ2) is 7.62. The molecule has 2 aromatic heterocycles. The average Bonchev–Trinajstić information content (AvgIpc) is 3.45. The van der Waals surface area contributed by atoms with Gasteiger partial charge in [-0.05, 0) is 48.4 Å². The largest absolute Gasteiger partial charge is 0.456 e. The summed E-state index contributed by atoms with van der Waals surface area (Å²) < 4.78 is 11.4. The van der Waals surface area contributed by atoms with Gasteiger partial charge in [-0.1, -0.05) is 64.1 Å². The highest BCUT2D eigenvalue weighted by atomic mass is 16.3. The van der Waals surface area contributed by atoms with Crippen LogP contribution in [0.15, 0.2) is 71.4 Å². The van der Waals surface area contributed by atoms with E-state index in [0.29, 0.717) is 11.8 Å². The van der Waals surface area contributed by atoms with Crippen molar-refractivity contribution in [3.05, 3.63) is 83.7 Å². The van der Waals surface area contributed by atoms with Crippen LogP contribution in [-0.4, -0.2) is 4.57 Å². The number of nitrogens with zero attached hydrogens (tertiary/aromatic N) is 2. The first-order chi connectivity index (χ1) is 16.0. The first-order valence-corrected chi connectivity index (χ1v) is 12.2. The molecule has 3 heterocycles. The van der Waals surface area contributed by atoms with Crippen molar-refractivity contribution in [1.29, 1.82) is 0 Å². The Kier molecular flexibility index (Phi) is 4.69. The molecule has 5 aromatic rings. The molecule has 0 spiro atoms. The molecule has 1 aliphatic heterocycles. The van der Waals surface area contributed by atoms with Gasteiger partial charge in [0.05, 0.1) is 10.9 Å². The molecule has 0 saturated carbocycles. The van der Waals surface area contributed by atoms with E-state index in [2.05, 4.69) is 104 Å². The standard InChI is InChI=1S/C30H31N2O/c1-19(2)15-22-17-23(16-20(3)4)29-27(25-11-7-8-12-26(25)33-29)28(22)32-14-13-31-18-21-9-5-6-10-24(21)30(31)32/h5-14,17,19-20H,15-16,18H2,1-4H3/q+1. The maximum absolute atomic E-state index is 6.55. The SMILES string of the molecule is CC(C)Cc1cc(CC(C)C)c2oc3ccccc3c2c1-n1cc[n+]2c1-c1ccccc1C2. The lowest BCUT2D eigenvalue weighted by atomic mass is 9.92. The summed E-state index contributed by atoms with van der Waals surface area (Å²) in [5, 5.41) is 2.46. The van der Waals surface area contributed by atoms with Crippen LogP contribution in [0.25, 0.3) is 39.0 Å². The number of rotatable bonds is 5. The Morgan fingerprint density at radius 1 is 0.909 bits per heavy atom. The number of hydrogen-bond acceptors (Lipinski definition) is 1. The molecule has 0 aliphatic carbocycles. The summed E-state index contributed by atoms with van der Waals surface area (Å²) in [4.78, 5) is 0. The predicted octanol–water partition coefficient (Wildman–Crippen LogP) is 7.09. The van der Waals surface area contributed by atoms with Gasteiger partial charge in [-0.25, -0.2) is 4.57 Å². The van der Waals surface area contributed by atoms with E-state index in [-0.39, 0.29) is 0 Å². The number of para-hydroxylation sites is 1. The van der Waals surface area contributed by atoms with Crippen molar-refractivity contribution in [1.82, 2.24) is 4.57 Å². The van der Waals surface area contributed by atoms with Crippen LogP contribution in [-0.2, 0) is 19.4 Å². The highest BCUT2D eigenvalue weighted by Crippen LogP contribution is 2.41. The van der Waals surface area contributed by atoms with Gasteiger partial charge in [0, 0.05) is 16.5 Å². The number of benzene rings is 3. The summed E-state index contributed by atoms with van der Waals surface area (Å²) in [6.45, 7) is 10.1. The molecule has 0 atom stereocenters. The maximum atomic E-state index is 6.55. The molecule has 3 nitrogen and oxygen atoms in total. The molecule has 33 heavy (non-hydrogen) atoms. The van der Waals surface area contributed by atoms with Crippen LogP contribution in [0, 0.1) is 11.8 Å². The third kappa shape index (κ3) is 3.21. The topological polar surface area (TPSA) is 21.9 Å². The summed E-state index contributed by atoms with van der Waals surface area (Å²) >= 11 is 0. The summed E-state index contributed by atoms with van der Waals surface area (Å²) in [7, 11) is 0. The van der Waals surface area contributed by atoms with E-state index in [4.69, 9.17) is 4.42 Å². The fraction of sp³-hybridized carbons (Fsp3) is 0.300. The molecular weight excluding hydrogens is 404 g/mol. The molecule has 3 heteroatoms. The van der Waals surface area contributed by atoms with Gasteiger partial charge in [0.15, 0.2) is 0 Å². The van der Waals surface area contributed by atoms with Crippen LogP contribution in [0.4, 0.5) is 0 Å². The predicted molar refractivity (Wildman–Crippen MR) is 135 cm³/mol. The molecule has 0 radical (unpaired) electrons. The Balaban J connectivity index is 1.73. The van der Waals surface area contributed by atoms with Gasteiger partial charge in [0.1, 0.15) is 35.8 Å². The Bertz CT molecular complexity index is 1500. The van der Waals surface area contributed by atoms with Crippen LogP contribution >= 0.6 is 0 Å². The third-order valence-electron chi connectivity index (χ3n) is 6.77. The number of imidazole rings is 1. The van der Waals surface area contributed by atoms with Gasteiger partial charge in [0.2, 0.25) is 0 Å². The molecule has 3 aromatic carbocycles. The minimum Gasteiger partial charge on any atom is -0.456 e. The third-order valence-corrected chi connectivity index (χ3v) is 6.77. The average molecular weight is 436 g/mol. The molecule has 0 fully saturated rings. The number of fused-ring (bicyclic) bond motifs is 6. The zero-order chi connectivity index (χ0) is 22.7. The van der Waals surface area contributed by atoms with Crippen LogP contribution in [0.2, 0.25) is 0 Å². The summed E-state index contributed by atoms with van der Waals surface area (Å²) in [6, 6.07) is 19.7. The number of furan rings is 1. The van der Waals surface area contributed by atoms with Gasteiger partial charge in [-0.15, -0.1) is 0 Å². The lowest BCUT2D eigenvalue weighted by Gasteiger charge is -2.15. The second-order valence-corrected chi connectivity index (χ2v) is 10.3.